The number of carbonyl (C=O) groups is 2. The van der Waals surface area contributed by atoms with Gasteiger partial charge in [0.25, 0.3) is 0 Å². The van der Waals surface area contributed by atoms with Crippen LogP contribution in [0.15, 0.2) is 30.3 Å². The third-order valence-corrected chi connectivity index (χ3v) is 5.89. The molecule has 1 aromatic carbocycles. The maximum absolute atomic E-state index is 14.7. The average Bonchev–Trinajstić information content (AvgIpc) is 3.06. The quantitative estimate of drug-likeness (QED) is 0.507. The second-order valence-electron chi connectivity index (χ2n) is 8.07. The van der Waals surface area contributed by atoms with Crippen molar-refractivity contribution in [1.82, 2.24) is 4.98 Å². The molecule has 0 saturated carbocycles. The van der Waals surface area contributed by atoms with Crippen LogP contribution >= 0.6 is 0 Å². The molecule has 11 heteroatoms. The summed E-state index contributed by atoms with van der Waals surface area (Å²) in [6.45, 7) is 1.16. The van der Waals surface area contributed by atoms with Crippen LogP contribution in [-0.4, -0.2) is 43.0 Å². The summed E-state index contributed by atoms with van der Waals surface area (Å²) in [6, 6.07) is 6.55. The average molecular weight is 461 g/mol. The molecule has 2 atom stereocenters. The molecule has 33 heavy (non-hydrogen) atoms. The van der Waals surface area contributed by atoms with E-state index in [0.29, 0.717) is 0 Å². The lowest BCUT2D eigenvalue weighted by molar-refractivity contribution is -0.137. The fourth-order valence-corrected chi connectivity index (χ4v) is 4.49. The summed E-state index contributed by atoms with van der Waals surface area (Å²) in [7, 11) is 1.40. The van der Waals surface area contributed by atoms with E-state index in [1.165, 1.54) is 42.0 Å². The number of pyridine rings is 1. The summed E-state index contributed by atoms with van der Waals surface area (Å²) in [4.78, 5) is 34.2. The van der Waals surface area contributed by atoms with Crippen LogP contribution in [0.25, 0.3) is 0 Å². The summed E-state index contributed by atoms with van der Waals surface area (Å²) in [5, 5.41) is 9.29. The van der Waals surface area contributed by atoms with Crippen molar-refractivity contribution in [3.05, 3.63) is 47.4 Å². The molecule has 1 aromatic heterocycles. The number of fused-ring (bicyclic) bond motifs is 2. The number of rotatable bonds is 2. The predicted octanol–water partition coefficient (Wildman–Crippen LogP) is 3.28. The highest BCUT2D eigenvalue weighted by molar-refractivity contribution is 6.10. The van der Waals surface area contributed by atoms with Gasteiger partial charge in [0.05, 0.1) is 23.0 Å². The fraction of sp³-hybridized carbons (Fsp3) is 0.364. The van der Waals surface area contributed by atoms with Gasteiger partial charge in [-0.3, -0.25) is 14.5 Å². The number of benzene rings is 1. The van der Waals surface area contributed by atoms with Gasteiger partial charge in [-0.15, -0.1) is 0 Å². The van der Waals surface area contributed by atoms with Gasteiger partial charge in [0, 0.05) is 31.6 Å². The molecular formula is C22H19F4N5O2. The summed E-state index contributed by atoms with van der Waals surface area (Å²) in [5.74, 6) is -2.73. The lowest BCUT2D eigenvalue weighted by Crippen LogP contribution is -2.52. The van der Waals surface area contributed by atoms with Crippen molar-refractivity contribution < 1.29 is 27.2 Å². The summed E-state index contributed by atoms with van der Waals surface area (Å²) in [5.41, 5.74) is -0.680. The molecule has 1 fully saturated rings. The van der Waals surface area contributed by atoms with Crippen molar-refractivity contribution in [2.75, 3.05) is 34.8 Å². The number of amides is 2. The first kappa shape index (κ1) is 22.5. The highest BCUT2D eigenvalue weighted by Crippen LogP contribution is 2.41. The molecule has 3 heterocycles. The molecule has 0 radical (unpaired) electrons. The maximum atomic E-state index is 14.7. The van der Waals surface area contributed by atoms with Crippen LogP contribution in [0.2, 0.25) is 0 Å². The molecule has 1 saturated heterocycles. The van der Waals surface area contributed by atoms with E-state index in [1.54, 1.807) is 0 Å². The van der Waals surface area contributed by atoms with E-state index in [2.05, 4.69) is 4.98 Å². The topological polar surface area (TPSA) is 80.5 Å². The van der Waals surface area contributed by atoms with E-state index in [-0.39, 0.29) is 42.4 Å². The van der Waals surface area contributed by atoms with Crippen LogP contribution in [0.4, 0.5) is 34.8 Å². The van der Waals surface area contributed by atoms with Crippen molar-refractivity contribution in [1.29, 1.82) is 5.26 Å². The monoisotopic (exact) mass is 461 g/mol. The van der Waals surface area contributed by atoms with E-state index >= 15 is 0 Å². The third-order valence-electron chi connectivity index (χ3n) is 5.89. The minimum Gasteiger partial charge on any atom is -0.354 e. The smallest absolute Gasteiger partial charge is 0.354 e. The molecule has 172 valence electrons. The van der Waals surface area contributed by atoms with Crippen molar-refractivity contribution in [3.63, 3.8) is 0 Å². The number of halogens is 4. The summed E-state index contributed by atoms with van der Waals surface area (Å²) >= 11 is 0. The van der Waals surface area contributed by atoms with Crippen LogP contribution in [0.1, 0.15) is 17.7 Å². The lowest BCUT2D eigenvalue weighted by Gasteiger charge is -2.38. The Kier molecular flexibility index (Phi) is 5.47. The van der Waals surface area contributed by atoms with Gasteiger partial charge in [-0.2, -0.15) is 18.4 Å². The molecular weight excluding hydrogens is 442 g/mol. The Morgan fingerprint density at radius 3 is 2.64 bits per heavy atom. The standard InChI is InChI=1S/C22H19F4N5O2/c1-12-8-14(22(24,25)26)10-17(28-12)31-18(32)9-13-11-30(7-6-27)20-15(23)4-3-5-16(20)29(2)21(33)19(13)31/h3-5,8,10,13,19H,7,9,11H2,1-2H3/t13?,19-/m0/s1. The number of likely N-dealkylation sites (N-methyl/N-ethyl adjacent to an activating group) is 1. The number of hydrogen-bond acceptors (Lipinski definition) is 5. The Morgan fingerprint density at radius 2 is 1.97 bits per heavy atom. The normalized spacial score (nSPS) is 20.8. The van der Waals surface area contributed by atoms with Gasteiger partial charge >= 0.3 is 6.18 Å². The van der Waals surface area contributed by atoms with Crippen molar-refractivity contribution in [2.45, 2.75) is 25.6 Å². The number of alkyl halides is 3. The number of hydrogen-bond donors (Lipinski definition) is 0. The van der Waals surface area contributed by atoms with Crippen LogP contribution in [-0.2, 0) is 15.8 Å². The van der Waals surface area contributed by atoms with Crippen LogP contribution in [0, 0.1) is 30.0 Å². The predicted molar refractivity (Wildman–Crippen MR) is 111 cm³/mol. The highest BCUT2D eigenvalue weighted by atomic mass is 19.4. The zero-order valence-corrected chi connectivity index (χ0v) is 17.7. The minimum absolute atomic E-state index is 0.00801. The zero-order chi connectivity index (χ0) is 24.1. The van der Waals surface area contributed by atoms with Gasteiger partial charge in [0.1, 0.15) is 24.2 Å². The largest absolute Gasteiger partial charge is 0.416 e. The summed E-state index contributed by atoms with van der Waals surface area (Å²) < 4.78 is 54.9. The molecule has 0 aliphatic carbocycles. The second-order valence-corrected chi connectivity index (χ2v) is 8.07. The summed E-state index contributed by atoms with van der Waals surface area (Å²) in [6.07, 6.45) is -4.82. The first-order valence-electron chi connectivity index (χ1n) is 10.1. The zero-order valence-electron chi connectivity index (χ0n) is 17.7. The molecule has 0 spiro atoms. The van der Waals surface area contributed by atoms with E-state index in [9.17, 15) is 32.4 Å². The van der Waals surface area contributed by atoms with E-state index in [1.807, 2.05) is 6.07 Å². The van der Waals surface area contributed by atoms with Crippen molar-refractivity contribution in [3.8, 4) is 6.07 Å². The Hall–Kier alpha value is -3.68. The Balaban J connectivity index is 1.84. The fourth-order valence-electron chi connectivity index (χ4n) is 4.49. The van der Waals surface area contributed by atoms with Crippen LogP contribution < -0.4 is 14.7 Å². The third kappa shape index (κ3) is 3.86. The Bertz CT molecular complexity index is 1180. The first-order valence-corrected chi connectivity index (χ1v) is 10.1. The maximum Gasteiger partial charge on any atom is 0.416 e. The molecule has 0 bridgehead atoms. The van der Waals surface area contributed by atoms with Crippen molar-refractivity contribution >= 4 is 29.0 Å². The number of anilines is 3. The first-order chi connectivity index (χ1) is 15.5. The van der Waals surface area contributed by atoms with Crippen LogP contribution in [0.5, 0.6) is 0 Å². The van der Waals surface area contributed by atoms with Crippen molar-refractivity contribution in [2.24, 2.45) is 5.92 Å². The lowest BCUT2D eigenvalue weighted by atomic mass is 9.95. The molecule has 2 aliphatic rings. The minimum atomic E-state index is -4.66. The van der Waals surface area contributed by atoms with Gasteiger partial charge in [0.2, 0.25) is 11.8 Å². The van der Waals surface area contributed by atoms with E-state index in [0.717, 1.165) is 17.0 Å². The van der Waals surface area contributed by atoms with E-state index in [4.69, 9.17) is 0 Å². The van der Waals surface area contributed by atoms with Gasteiger partial charge in [0.15, 0.2) is 0 Å². The molecule has 0 N–H and O–H groups in total. The van der Waals surface area contributed by atoms with Gasteiger partial charge in [-0.1, -0.05) is 6.07 Å². The number of aromatic nitrogens is 1. The van der Waals surface area contributed by atoms with Gasteiger partial charge in [-0.25, -0.2) is 9.37 Å². The van der Waals surface area contributed by atoms with Gasteiger partial charge in [-0.05, 0) is 31.2 Å². The molecule has 2 aromatic rings. The number of carbonyl (C=O) groups excluding carboxylic acids is 2. The molecule has 7 nitrogen and oxygen atoms in total. The van der Waals surface area contributed by atoms with E-state index < -0.39 is 41.3 Å². The number of nitriles is 1. The number of para-hydroxylation sites is 1. The molecule has 4 rings (SSSR count). The SMILES string of the molecule is Cc1cc(C(F)(F)F)cc(N2C(=O)CC3CN(CC#N)c4c(F)cccc4N(C)C(=O)[C@H]32)n1. The Labute approximate surface area is 186 Å². The molecule has 2 aliphatic heterocycles. The second kappa shape index (κ2) is 8.03. The number of nitrogens with zero attached hydrogens (tertiary/aromatic N) is 5. The molecule has 2 amide bonds. The van der Waals surface area contributed by atoms with Crippen LogP contribution in [0.3, 0.4) is 0 Å². The number of aryl methyl sites for hydroxylation is 1. The highest BCUT2D eigenvalue weighted by Gasteiger charge is 2.49. The Morgan fingerprint density at radius 1 is 1.24 bits per heavy atom. The van der Waals surface area contributed by atoms with Gasteiger partial charge < -0.3 is 9.80 Å². The molecule has 1 unspecified atom stereocenters.